The van der Waals surface area contributed by atoms with E-state index in [1.165, 1.54) is 0 Å². The van der Waals surface area contributed by atoms with Crippen LogP contribution >= 0.6 is 0 Å². The second-order valence-electron chi connectivity index (χ2n) is 5.74. The van der Waals surface area contributed by atoms with Crippen molar-refractivity contribution in [3.63, 3.8) is 0 Å². The summed E-state index contributed by atoms with van der Waals surface area (Å²) in [6, 6.07) is 0. The van der Waals surface area contributed by atoms with Gasteiger partial charge in [-0.15, -0.1) is 0 Å². The number of amides is 1. The molecule has 0 aromatic carbocycles. The maximum Gasteiger partial charge on any atom is 0.410 e. The molecule has 1 aliphatic rings. The van der Waals surface area contributed by atoms with Gasteiger partial charge in [-0.2, -0.15) is 0 Å². The fraction of sp³-hybridized carbons (Fsp3) is 0.917. The molecule has 17 heavy (non-hydrogen) atoms. The Bertz CT molecular complexity index is 271. The zero-order valence-corrected chi connectivity index (χ0v) is 11.5. The minimum Gasteiger partial charge on any atom is -0.444 e. The van der Waals surface area contributed by atoms with Crippen LogP contribution in [-0.4, -0.2) is 55.5 Å². The number of ether oxygens (including phenoxy) is 2. The number of carbonyl (C=O) groups excluding carboxylic acids is 1. The zero-order valence-electron chi connectivity index (χ0n) is 11.5. The van der Waals surface area contributed by atoms with E-state index in [0.29, 0.717) is 13.2 Å². The third-order valence-corrected chi connectivity index (χ3v) is 2.74. The van der Waals surface area contributed by atoms with E-state index in [1.54, 1.807) is 12.0 Å². The first-order valence-electron chi connectivity index (χ1n) is 5.99. The molecule has 1 rings (SSSR count). The van der Waals surface area contributed by atoms with Gasteiger partial charge in [0.15, 0.2) is 0 Å². The van der Waals surface area contributed by atoms with E-state index in [2.05, 4.69) is 5.32 Å². The van der Waals surface area contributed by atoms with Crippen LogP contribution in [0.25, 0.3) is 0 Å². The maximum atomic E-state index is 12.1. The second kappa shape index (κ2) is 5.23. The summed E-state index contributed by atoms with van der Waals surface area (Å²) in [5.41, 5.74) is -0.800. The van der Waals surface area contributed by atoms with Crippen molar-refractivity contribution in [2.45, 2.75) is 38.8 Å². The summed E-state index contributed by atoms with van der Waals surface area (Å²) >= 11 is 0. The highest BCUT2D eigenvalue weighted by Crippen LogP contribution is 2.21. The zero-order chi connectivity index (χ0) is 13.1. The van der Waals surface area contributed by atoms with E-state index in [-0.39, 0.29) is 11.6 Å². The molecule has 0 aromatic heterocycles. The van der Waals surface area contributed by atoms with Crippen molar-refractivity contribution in [3.05, 3.63) is 0 Å². The number of piperazine rings is 1. The number of carbonyl (C=O) groups is 1. The molecule has 1 amide bonds. The Balaban J connectivity index is 2.74. The molecule has 1 saturated heterocycles. The lowest BCUT2D eigenvalue weighted by molar-refractivity contribution is -0.0282. The minimum absolute atomic E-state index is 0.265. The van der Waals surface area contributed by atoms with Crippen molar-refractivity contribution < 1.29 is 14.3 Å². The fourth-order valence-corrected chi connectivity index (χ4v) is 1.98. The van der Waals surface area contributed by atoms with Crippen LogP contribution in [0.2, 0.25) is 0 Å². The summed E-state index contributed by atoms with van der Waals surface area (Å²) in [4.78, 5) is 13.9. The van der Waals surface area contributed by atoms with Crippen molar-refractivity contribution in [1.82, 2.24) is 10.2 Å². The predicted molar refractivity (Wildman–Crippen MR) is 66.1 cm³/mol. The van der Waals surface area contributed by atoms with Crippen molar-refractivity contribution in [3.8, 4) is 0 Å². The largest absolute Gasteiger partial charge is 0.444 e. The maximum absolute atomic E-state index is 12.1. The molecule has 0 saturated carbocycles. The fourth-order valence-electron chi connectivity index (χ4n) is 1.98. The molecule has 1 aliphatic heterocycles. The van der Waals surface area contributed by atoms with E-state index in [9.17, 15) is 4.79 Å². The molecule has 0 bridgehead atoms. The van der Waals surface area contributed by atoms with Crippen molar-refractivity contribution in [2.24, 2.45) is 0 Å². The van der Waals surface area contributed by atoms with Gasteiger partial charge in [0.2, 0.25) is 0 Å². The van der Waals surface area contributed by atoms with Crippen LogP contribution in [0.15, 0.2) is 0 Å². The first kappa shape index (κ1) is 14.3. The molecule has 0 aliphatic carbocycles. The predicted octanol–water partition coefficient (Wildman–Crippen LogP) is 1.23. The van der Waals surface area contributed by atoms with Gasteiger partial charge in [-0.3, -0.25) is 4.90 Å². The summed E-state index contributed by atoms with van der Waals surface area (Å²) < 4.78 is 10.6. The van der Waals surface area contributed by atoms with Crippen LogP contribution in [0.1, 0.15) is 27.7 Å². The summed E-state index contributed by atoms with van der Waals surface area (Å²) in [7, 11) is 1.65. The first-order chi connectivity index (χ1) is 7.78. The van der Waals surface area contributed by atoms with Crippen molar-refractivity contribution in [2.75, 3.05) is 33.4 Å². The first-order valence-corrected chi connectivity index (χ1v) is 5.99. The topological polar surface area (TPSA) is 50.8 Å². The van der Waals surface area contributed by atoms with Crippen molar-refractivity contribution in [1.29, 1.82) is 0 Å². The van der Waals surface area contributed by atoms with Gasteiger partial charge in [0.25, 0.3) is 0 Å². The van der Waals surface area contributed by atoms with E-state index < -0.39 is 5.60 Å². The Kier molecular flexibility index (Phi) is 4.38. The Morgan fingerprint density at radius 2 is 2.12 bits per heavy atom. The Hall–Kier alpha value is -0.810. The Morgan fingerprint density at radius 1 is 1.47 bits per heavy atom. The molecule has 1 heterocycles. The van der Waals surface area contributed by atoms with E-state index in [1.807, 2.05) is 27.7 Å². The Morgan fingerprint density at radius 3 is 2.65 bits per heavy atom. The minimum atomic E-state index is -0.462. The molecule has 5 nitrogen and oxygen atoms in total. The Labute approximate surface area is 103 Å². The third-order valence-electron chi connectivity index (χ3n) is 2.74. The van der Waals surface area contributed by atoms with Gasteiger partial charge >= 0.3 is 6.09 Å². The summed E-state index contributed by atoms with van der Waals surface area (Å²) in [6.45, 7) is 10.3. The third kappa shape index (κ3) is 3.85. The highest BCUT2D eigenvalue weighted by Gasteiger charge is 2.39. The number of nitrogens with one attached hydrogen (secondary N) is 1. The monoisotopic (exact) mass is 244 g/mol. The van der Waals surface area contributed by atoms with Gasteiger partial charge in [0.1, 0.15) is 5.60 Å². The standard InChI is InChI=1S/C12H24N2O3/c1-11(2,3)17-10(15)14-7-6-13-8-12(14,4)9-16-5/h13H,6-9H2,1-5H3. The lowest BCUT2D eigenvalue weighted by Gasteiger charge is -2.44. The summed E-state index contributed by atoms with van der Waals surface area (Å²) in [5.74, 6) is 0. The molecule has 1 atom stereocenters. The quantitative estimate of drug-likeness (QED) is 0.794. The molecule has 0 aromatic rings. The lowest BCUT2D eigenvalue weighted by Crippen LogP contribution is -2.64. The molecular weight excluding hydrogens is 220 g/mol. The number of hydrogen-bond acceptors (Lipinski definition) is 4. The normalized spacial score (nSPS) is 25.8. The summed E-state index contributed by atoms with van der Waals surface area (Å²) in [6.07, 6.45) is -0.265. The SMILES string of the molecule is COCC1(C)CNCCN1C(=O)OC(C)(C)C. The van der Waals surface area contributed by atoms with Gasteiger partial charge in [-0.05, 0) is 27.7 Å². The van der Waals surface area contributed by atoms with Crippen LogP contribution < -0.4 is 5.32 Å². The van der Waals surface area contributed by atoms with E-state index in [0.717, 1.165) is 13.1 Å². The van der Waals surface area contributed by atoms with E-state index in [4.69, 9.17) is 9.47 Å². The molecule has 0 spiro atoms. The summed E-state index contributed by atoms with van der Waals surface area (Å²) in [5, 5.41) is 3.28. The molecule has 5 heteroatoms. The lowest BCUT2D eigenvalue weighted by atomic mass is 9.99. The number of rotatable bonds is 2. The van der Waals surface area contributed by atoms with Gasteiger partial charge in [-0.1, -0.05) is 0 Å². The molecular formula is C12H24N2O3. The highest BCUT2D eigenvalue weighted by molar-refractivity contribution is 5.69. The van der Waals surface area contributed by atoms with Crippen LogP contribution in [0.5, 0.6) is 0 Å². The van der Waals surface area contributed by atoms with Crippen molar-refractivity contribution >= 4 is 6.09 Å². The molecule has 0 radical (unpaired) electrons. The van der Waals surface area contributed by atoms with E-state index >= 15 is 0 Å². The highest BCUT2D eigenvalue weighted by atomic mass is 16.6. The van der Waals surface area contributed by atoms with Crippen LogP contribution in [0.4, 0.5) is 4.79 Å². The van der Waals surface area contributed by atoms with Gasteiger partial charge in [0.05, 0.1) is 12.1 Å². The number of methoxy groups -OCH3 is 1. The molecule has 100 valence electrons. The number of hydrogen-bond donors (Lipinski definition) is 1. The molecule has 1 fully saturated rings. The van der Waals surface area contributed by atoms with Crippen LogP contribution in [0.3, 0.4) is 0 Å². The second-order valence-corrected chi connectivity index (χ2v) is 5.74. The smallest absolute Gasteiger partial charge is 0.410 e. The molecule has 1 unspecified atom stereocenters. The number of nitrogens with zero attached hydrogens (tertiary/aromatic N) is 1. The van der Waals surface area contributed by atoms with Gasteiger partial charge < -0.3 is 14.8 Å². The average Bonchev–Trinajstić information content (AvgIpc) is 2.15. The van der Waals surface area contributed by atoms with Gasteiger partial charge in [0, 0.05) is 26.7 Å². The van der Waals surface area contributed by atoms with Crippen LogP contribution in [0, 0.1) is 0 Å². The van der Waals surface area contributed by atoms with Gasteiger partial charge in [-0.25, -0.2) is 4.79 Å². The van der Waals surface area contributed by atoms with Crippen LogP contribution in [-0.2, 0) is 9.47 Å². The molecule has 1 N–H and O–H groups in total. The average molecular weight is 244 g/mol.